The zero-order chi connectivity index (χ0) is 20.1. The normalized spacial score (nSPS) is 14.5. The van der Waals surface area contributed by atoms with Crippen molar-refractivity contribution in [3.63, 3.8) is 0 Å². The fourth-order valence-electron chi connectivity index (χ4n) is 3.11. The van der Waals surface area contributed by atoms with Crippen LogP contribution in [0.5, 0.6) is 5.75 Å². The lowest BCUT2D eigenvalue weighted by molar-refractivity contribution is -0.137. The molecule has 0 aliphatic heterocycles. The lowest BCUT2D eigenvalue weighted by Crippen LogP contribution is -2.20. The van der Waals surface area contributed by atoms with Crippen LogP contribution in [0.2, 0.25) is 0 Å². The Balaban J connectivity index is 2.18. The van der Waals surface area contributed by atoms with Gasteiger partial charge in [0, 0.05) is 6.42 Å². The van der Waals surface area contributed by atoms with Crippen molar-refractivity contribution in [3.8, 4) is 5.75 Å². The first kappa shape index (κ1) is 23.4. The number of hydrogen-bond acceptors (Lipinski definition) is 4. The van der Waals surface area contributed by atoms with Crippen LogP contribution in [0.25, 0.3) is 0 Å². The van der Waals surface area contributed by atoms with Gasteiger partial charge in [0.05, 0.1) is 12.2 Å². The summed E-state index contributed by atoms with van der Waals surface area (Å²) < 4.78 is 18.8. The summed E-state index contributed by atoms with van der Waals surface area (Å²) in [7, 11) is 0. The standard InChI is InChI=1S/C21H33FO5/c1-16(23)17(9-4-2-3-5-14-21(25)26)10-8-11-18(24)15-27-20-13-7-6-12-19(20)22/h6-7,12-13,16-18,23-24H,2-5,8-11,14-15H2,1H3,(H,25,26). The van der Waals surface area contributed by atoms with Crippen molar-refractivity contribution in [2.24, 2.45) is 5.92 Å². The molecule has 0 saturated heterocycles. The molecule has 0 spiro atoms. The van der Waals surface area contributed by atoms with Crippen LogP contribution < -0.4 is 4.74 Å². The number of carbonyl (C=O) groups is 1. The minimum atomic E-state index is -0.755. The molecule has 1 aromatic rings. The van der Waals surface area contributed by atoms with E-state index in [2.05, 4.69) is 0 Å². The van der Waals surface area contributed by atoms with Gasteiger partial charge in [0.15, 0.2) is 11.6 Å². The molecule has 1 rings (SSSR count). The second kappa shape index (κ2) is 13.5. The van der Waals surface area contributed by atoms with E-state index in [-0.39, 0.29) is 24.7 Å². The summed E-state index contributed by atoms with van der Waals surface area (Å²) in [5.41, 5.74) is 0. The molecular formula is C21H33FO5. The Labute approximate surface area is 161 Å². The van der Waals surface area contributed by atoms with Crippen LogP contribution in [0.1, 0.15) is 64.7 Å². The molecule has 0 fully saturated rings. The molecule has 0 radical (unpaired) electrons. The van der Waals surface area contributed by atoms with Gasteiger partial charge in [0.2, 0.25) is 0 Å². The second-order valence-corrected chi connectivity index (χ2v) is 7.17. The Bertz CT molecular complexity index is 535. The summed E-state index contributed by atoms with van der Waals surface area (Å²) in [5.74, 6) is -0.887. The molecule has 1 aromatic carbocycles. The second-order valence-electron chi connectivity index (χ2n) is 7.17. The number of para-hydroxylation sites is 1. The summed E-state index contributed by atoms with van der Waals surface area (Å²) in [4.78, 5) is 10.5. The first-order valence-corrected chi connectivity index (χ1v) is 9.85. The van der Waals surface area contributed by atoms with E-state index in [1.807, 2.05) is 0 Å². The summed E-state index contributed by atoms with van der Waals surface area (Å²) in [6, 6.07) is 6.11. The van der Waals surface area contributed by atoms with E-state index >= 15 is 0 Å². The Morgan fingerprint density at radius 1 is 1.04 bits per heavy atom. The van der Waals surface area contributed by atoms with Crippen molar-refractivity contribution in [2.45, 2.75) is 76.9 Å². The predicted octanol–water partition coefficient (Wildman–Crippen LogP) is 4.16. The third-order valence-corrected chi connectivity index (χ3v) is 4.78. The summed E-state index contributed by atoms with van der Waals surface area (Å²) in [5, 5.41) is 28.6. The highest BCUT2D eigenvalue weighted by Crippen LogP contribution is 2.22. The van der Waals surface area contributed by atoms with Gasteiger partial charge >= 0.3 is 5.97 Å². The van der Waals surface area contributed by atoms with Crippen LogP contribution >= 0.6 is 0 Å². The van der Waals surface area contributed by atoms with Crippen molar-refractivity contribution in [3.05, 3.63) is 30.1 Å². The quantitative estimate of drug-likeness (QED) is 0.395. The summed E-state index contributed by atoms with van der Waals surface area (Å²) in [6.07, 6.45) is 5.67. The molecule has 154 valence electrons. The van der Waals surface area contributed by atoms with Crippen molar-refractivity contribution in [2.75, 3.05) is 6.61 Å². The van der Waals surface area contributed by atoms with E-state index in [1.54, 1.807) is 19.1 Å². The molecule has 0 aliphatic carbocycles. The maximum Gasteiger partial charge on any atom is 0.303 e. The van der Waals surface area contributed by atoms with Gasteiger partial charge in [-0.2, -0.15) is 0 Å². The minimum Gasteiger partial charge on any atom is -0.488 e. The molecule has 0 saturated carbocycles. The van der Waals surface area contributed by atoms with Crippen LogP contribution in [0.4, 0.5) is 4.39 Å². The molecule has 0 bridgehead atoms. The van der Waals surface area contributed by atoms with Crippen LogP contribution in [0.3, 0.4) is 0 Å². The van der Waals surface area contributed by atoms with E-state index in [0.717, 1.165) is 38.5 Å². The molecule has 3 atom stereocenters. The van der Waals surface area contributed by atoms with Gasteiger partial charge in [0.1, 0.15) is 6.61 Å². The van der Waals surface area contributed by atoms with Crippen LogP contribution in [0, 0.1) is 11.7 Å². The first-order chi connectivity index (χ1) is 12.9. The highest BCUT2D eigenvalue weighted by molar-refractivity contribution is 5.66. The zero-order valence-electron chi connectivity index (χ0n) is 16.1. The number of aliphatic hydroxyl groups excluding tert-OH is 2. The number of rotatable bonds is 15. The van der Waals surface area contributed by atoms with Crippen molar-refractivity contribution in [1.29, 1.82) is 0 Å². The maximum absolute atomic E-state index is 13.5. The van der Waals surface area contributed by atoms with Gasteiger partial charge in [-0.1, -0.05) is 37.8 Å². The number of hydrogen-bond donors (Lipinski definition) is 3. The monoisotopic (exact) mass is 384 g/mol. The van der Waals surface area contributed by atoms with Gasteiger partial charge in [-0.25, -0.2) is 4.39 Å². The Morgan fingerprint density at radius 3 is 2.37 bits per heavy atom. The molecule has 27 heavy (non-hydrogen) atoms. The SMILES string of the molecule is CC(O)C(CCCCCCC(=O)O)CCCC(O)COc1ccccc1F. The number of ether oxygens (including phenoxy) is 1. The Kier molecular flexibility index (Phi) is 11.7. The van der Waals surface area contributed by atoms with Gasteiger partial charge in [-0.05, 0) is 50.7 Å². The molecule has 3 N–H and O–H groups in total. The van der Waals surface area contributed by atoms with E-state index < -0.39 is 24.0 Å². The topological polar surface area (TPSA) is 87.0 Å². The van der Waals surface area contributed by atoms with E-state index in [4.69, 9.17) is 9.84 Å². The number of carboxylic acids is 1. The van der Waals surface area contributed by atoms with Crippen molar-refractivity contribution >= 4 is 5.97 Å². The predicted molar refractivity (Wildman–Crippen MR) is 102 cm³/mol. The molecule has 6 heteroatoms. The average molecular weight is 384 g/mol. The van der Waals surface area contributed by atoms with Crippen LogP contribution in [0.15, 0.2) is 24.3 Å². The van der Waals surface area contributed by atoms with Crippen LogP contribution in [-0.2, 0) is 4.79 Å². The molecule has 0 amide bonds. The third-order valence-electron chi connectivity index (χ3n) is 4.78. The van der Waals surface area contributed by atoms with Gasteiger partial charge < -0.3 is 20.1 Å². The lowest BCUT2D eigenvalue weighted by Gasteiger charge is -2.20. The number of aliphatic carboxylic acids is 1. The summed E-state index contributed by atoms with van der Waals surface area (Å²) in [6.45, 7) is 1.83. The number of halogens is 1. The van der Waals surface area contributed by atoms with Crippen molar-refractivity contribution in [1.82, 2.24) is 0 Å². The number of unbranched alkanes of at least 4 members (excludes halogenated alkanes) is 3. The lowest BCUT2D eigenvalue weighted by atomic mass is 9.90. The largest absolute Gasteiger partial charge is 0.488 e. The Hall–Kier alpha value is -1.66. The fourth-order valence-corrected chi connectivity index (χ4v) is 3.11. The minimum absolute atomic E-state index is 0.0455. The molecule has 5 nitrogen and oxygen atoms in total. The van der Waals surface area contributed by atoms with E-state index in [1.165, 1.54) is 12.1 Å². The molecule has 0 aromatic heterocycles. The molecule has 0 aliphatic rings. The maximum atomic E-state index is 13.5. The fraction of sp³-hybridized carbons (Fsp3) is 0.667. The number of benzene rings is 1. The first-order valence-electron chi connectivity index (χ1n) is 9.85. The Morgan fingerprint density at radius 2 is 1.70 bits per heavy atom. The van der Waals surface area contributed by atoms with Gasteiger partial charge in [-0.15, -0.1) is 0 Å². The molecule has 3 unspecified atom stereocenters. The molecule has 0 heterocycles. The highest BCUT2D eigenvalue weighted by Gasteiger charge is 2.16. The third kappa shape index (κ3) is 10.9. The van der Waals surface area contributed by atoms with E-state index in [0.29, 0.717) is 12.8 Å². The van der Waals surface area contributed by atoms with Gasteiger partial charge in [-0.3, -0.25) is 4.79 Å². The van der Waals surface area contributed by atoms with Crippen molar-refractivity contribution < 1.29 is 29.2 Å². The van der Waals surface area contributed by atoms with Gasteiger partial charge in [0.25, 0.3) is 0 Å². The average Bonchev–Trinajstić information content (AvgIpc) is 2.61. The number of carboxylic acid groups (broad SMARTS) is 1. The summed E-state index contributed by atoms with van der Waals surface area (Å²) >= 11 is 0. The number of aliphatic hydroxyl groups is 2. The zero-order valence-corrected chi connectivity index (χ0v) is 16.1. The smallest absolute Gasteiger partial charge is 0.303 e. The van der Waals surface area contributed by atoms with Crippen LogP contribution in [-0.4, -0.2) is 40.1 Å². The highest BCUT2D eigenvalue weighted by atomic mass is 19.1. The molecular weight excluding hydrogens is 351 g/mol. The van der Waals surface area contributed by atoms with E-state index in [9.17, 15) is 19.4 Å².